The minimum absolute atomic E-state index is 0.159. The maximum atomic E-state index is 9.32. The second-order valence-corrected chi connectivity index (χ2v) is 6.63. The highest BCUT2D eigenvalue weighted by atomic mass is 16.4. The Morgan fingerprint density at radius 2 is 2.04 bits per heavy atom. The normalized spacial score (nSPS) is 15.8. The maximum Gasteiger partial charge on any atom is 0.234 e. The number of nitriles is 1. The van der Waals surface area contributed by atoms with Gasteiger partial charge in [-0.25, -0.2) is 9.97 Å². The molecule has 1 fully saturated rings. The molecule has 0 amide bonds. The van der Waals surface area contributed by atoms with E-state index >= 15 is 0 Å². The minimum Gasteiger partial charge on any atom is -0.440 e. The predicted molar refractivity (Wildman–Crippen MR) is 91.3 cm³/mol. The Morgan fingerprint density at radius 1 is 1.24 bits per heavy atom. The number of pyridine rings is 1. The molecule has 0 bridgehead atoms. The van der Waals surface area contributed by atoms with Crippen molar-refractivity contribution in [2.24, 2.45) is 0 Å². The van der Waals surface area contributed by atoms with Crippen molar-refractivity contribution in [1.29, 1.82) is 5.26 Å². The zero-order valence-corrected chi connectivity index (χ0v) is 14.3. The molecule has 1 saturated heterocycles. The average Bonchev–Trinajstić information content (AvgIpc) is 3.26. The lowest BCUT2D eigenvalue weighted by Gasteiger charge is -2.30. The van der Waals surface area contributed by atoms with Gasteiger partial charge in [0, 0.05) is 37.2 Å². The molecule has 7 nitrogen and oxygen atoms in total. The van der Waals surface area contributed by atoms with E-state index in [-0.39, 0.29) is 11.8 Å². The van der Waals surface area contributed by atoms with Gasteiger partial charge in [0.1, 0.15) is 11.6 Å². The number of fused-ring (bicyclic) bond motifs is 1. The number of anilines is 1. The van der Waals surface area contributed by atoms with Crippen molar-refractivity contribution in [3.05, 3.63) is 35.9 Å². The predicted octanol–water partition coefficient (Wildman–Crippen LogP) is 3.59. The van der Waals surface area contributed by atoms with Gasteiger partial charge in [0.05, 0.1) is 6.20 Å². The van der Waals surface area contributed by atoms with Gasteiger partial charge in [0.2, 0.25) is 17.5 Å². The van der Waals surface area contributed by atoms with E-state index < -0.39 is 0 Å². The van der Waals surface area contributed by atoms with Gasteiger partial charge in [0.25, 0.3) is 0 Å². The number of hydrogen-bond donors (Lipinski definition) is 0. The summed E-state index contributed by atoms with van der Waals surface area (Å²) in [6.07, 6.45) is 5.21. The molecule has 128 valence electrons. The summed E-state index contributed by atoms with van der Waals surface area (Å²) in [6, 6.07) is 3.98. The molecule has 3 aromatic rings. The molecule has 0 aliphatic carbocycles. The van der Waals surface area contributed by atoms with Gasteiger partial charge in [-0.2, -0.15) is 5.26 Å². The van der Waals surface area contributed by atoms with Gasteiger partial charge in [-0.15, -0.1) is 0 Å². The summed E-state index contributed by atoms with van der Waals surface area (Å²) >= 11 is 0. The summed E-state index contributed by atoms with van der Waals surface area (Å²) in [7, 11) is 0. The van der Waals surface area contributed by atoms with E-state index in [1.165, 1.54) is 0 Å². The zero-order valence-electron chi connectivity index (χ0n) is 14.3. The second kappa shape index (κ2) is 6.20. The Bertz CT molecular complexity index is 895. The molecule has 4 rings (SSSR count). The molecular formula is C18H19N5O2. The first-order valence-corrected chi connectivity index (χ1v) is 8.52. The first kappa shape index (κ1) is 15.6. The third kappa shape index (κ3) is 2.84. The van der Waals surface area contributed by atoms with Crippen LogP contribution in [0.4, 0.5) is 5.88 Å². The zero-order chi connectivity index (χ0) is 17.4. The fourth-order valence-corrected chi connectivity index (χ4v) is 3.16. The van der Waals surface area contributed by atoms with Crippen LogP contribution in [0.25, 0.3) is 11.1 Å². The molecule has 0 aromatic carbocycles. The van der Waals surface area contributed by atoms with Crippen LogP contribution in [-0.2, 0) is 0 Å². The third-order valence-electron chi connectivity index (χ3n) is 4.56. The summed E-state index contributed by atoms with van der Waals surface area (Å²) in [5.41, 5.74) is 1.94. The van der Waals surface area contributed by atoms with Crippen molar-refractivity contribution in [1.82, 2.24) is 15.0 Å². The number of hydrogen-bond acceptors (Lipinski definition) is 7. The molecule has 4 heterocycles. The van der Waals surface area contributed by atoms with Gasteiger partial charge >= 0.3 is 0 Å². The number of oxazole rings is 2. The fraction of sp³-hybridized carbons (Fsp3) is 0.444. The number of piperidine rings is 1. The van der Waals surface area contributed by atoms with Crippen molar-refractivity contribution in [3.8, 4) is 6.07 Å². The molecule has 1 aliphatic heterocycles. The average molecular weight is 337 g/mol. The van der Waals surface area contributed by atoms with Crippen molar-refractivity contribution in [3.63, 3.8) is 0 Å². The lowest BCUT2D eigenvalue weighted by atomic mass is 9.97. The number of nitrogens with zero attached hydrogens (tertiary/aromatic N) is 5. The molecule has 0 atom stereocenters. The van der Waals surface area contributed by atoms with E-state index in [1.807, 2.05) is 19.9 Å². The largest absolute Gasteiger partial charge is 0.440 e. The molecule has 0 spiro atoms. The second-order valence-electron chi connectivity index (χ2n) is 6.63. The molecule has 3 aromatic heterocycles. The Hall–Kier alpha value is -2.88. The first-order chi connectivity index (χ1) is 12.2. The molecule has 0 unspecified atom stereocenters. The molecule has 1 aliphatic rings. The molecule has 0 N–H and O–H groups in total. The topological polar surface area (TPSA) is 92.0 Å². The smallest absolute Gasteiger partial charge is 0.234 e. The van der Waals surface area contributed by atoms with Gasteiger partial charge in [0.15, 0.2) is 11.5 Å². The minimum atomic E-state index is 0.159. The van der Waals surface area contributed by atoms with Crippen LogP contribution in [0.5, 0.6) is 0 Å². The van der Waals surface area contributed by atoms with Crippen LogP contribution in [0.3, 0.4) is 0 Å². The maximum absolute atomic E-state index is 9.32. The summed E-state index contributed by atoms with van der Waals surface area (Å²) in [6.45, 7) is 5.57. The van der Waals surface area contributed by atoms with E-state index in [2.05, 4.69) is 25.9 Å². The summed E-state index contributed by atoms with van der Waals surface area (Å²) in [5.74, 6) is 2.39. The van der Waals surface area contributed by atoms with Crippen LogP contribution in [-0.4, -0.2) is 28.0 Å². The van der Waals surface area contributed by atoms with Crippen LogP contribution in [0.1, 0.15) is 56.0 Å². The van der Waals surface area contributed by atoms with Crippen molar-refractivity contribution >= 4 is 17.0 Å². The van der Waals surface area contributed by atoms with E-state index in [1.54, 1.807) is 12.4 Å². The van der Waals surface area contributed by atoms with Crippen LogP contribution in [0.2, 0.25) is 0 Å². The summed E-state index contributed by atoms with van der Waals surface area (Å²) < 4.78 is 11.7. The molecule has 25 heavy (non-hydrogen) atoms. The van der Waals surface area contributed by atoms with Crippen molar-refractivity contribution < 1.29 is 8.83 Å². The summed E-state index contributed by atoms with van der Waals surface area (Å²) in [5, 5.41) is 9.32. The lowest BCUT2D eigenvalue weighted by Crippen LogP contribution is -2.33. The van der Waals surface area contributed by atoms with E-state index in [9.17, 15) is 5.26 Å². The molecule has 7 heteroatoms. The van der Waals surface area contributed by atoms with Crippen LogP contribution < -0.4 is 4.90 Å². The highest BCUT2D eigenvalue weighted by molar-refractivity contribution is 5.70. The van der Waals surface area contributed by atoms with Crippen molar-refractivity contribution in [2.75, 3.05) is 18.0 Å². The van der Waals surface area contributed by atoms with E-state index in [0.717, 1.165) is 42.9 Å². The SMILES string of the molecule is CC(C)c1nc(C#N)c(N2CCC(c3nc4cnccc4o3)CC2)o1. The van der Waals surface area contributed by atoms with E-state index in [0.29, 0.717) is 17.5 Å². The lowest BCUT2D eigenvalue weighted by molar-refractivity contribution is 0.389. The number of rotatable bonds is 3. The van der Waals surface area contributed by atoms with Gasteiger partial charge in [-0.05, 0) is 12.8 Å². The van der Waals surface area contributed by atoms with Gasteiger partial charge in [-0.3, -0.25) is 4.98 Å². The van der Waals surface area contributed by atoms with Gasteiger partial charge in [-0.1, -0.05) is 13.8 Å². The van der Waals surface area contributed by atoms with Crippen LogP contribution in [0, 0.1) is 11.3 Å². The van der Waals surface area contributed by atoms with Crippen LogP contribution in [0.15, 0.2) is 27.3 Å². The number of aromatic nitrogens is 3. The summed E-state index contributed by atoms with van der Waals surface area (Å²) in [4.78, 5) is 15.0. The Kier molecular flexibility index (Phi) is 3.88. The first-order valence-electron chi connectivity index (χ1n) is 8.52. The van der Waals surface area contributed by atoms with Gasteiger partial charge < -0.3 is 13.7 Å². The Morgan fingerprint density at radius 3 is 2.72 bits per heavy atom. The third-order valence-corrected chi connectivity index (χ3v) is 4.56. The Balaban J connectivity index is 1.51. The van der Waals surface area contributed by atoms with Crippen molar-refractivity contribution in [2.45, 2.75) is 38.5 Å². The van der Waals surface area contributed by atoms with Crippen LogP contribution >= 0.6 is 0 Å². The fourth-order valence-electron chi connectivity index (χ4n) is 3.16. The van der Waals surface area contributed by atoms with E-state index in [4.69, 9.17) is 8.83 Å². The standard InChI is InChI=1S/C18H19N5O2/c1-11(2)16-21-13(9-19)18(25-16)23-7-4-12(5-8-23)17-22-14-10-20-6-3-15(14)24-17/h3,6,10-12H,4-5,7-8H2,1-2H3. The highest BCUT2D eigenvalue weighted by Crippen LogP contribution is 2.33. The molecule has 0 radical (unpaired) electrons. The molecular weight excluding hydrogens is 318 g/mol. The Labute approximate surface area is 145 Å². The molecule has 0 saturated carbocycles. The quantitative estimate of drug-likeness (QED) is 0.721. The highest BCUT2D eigenvalue weighted by Gasteiger charge is 2.28. The monoisotopic (exact) mass is 337 g/mol.